The average molecular weight is 1090 g/mol. The number of carbonyl (C=O) groups is 1. The molecule has 1 amide bonds. The summed E-state index contributed by atoms with van der Waals surface area (Å²) in [6.45, 7) is 11.8. The molecule has 418 valence electrons. The van der Waals surface area contributed by atoms with Crippen molar-refractivity contribution >= 4 is 44.0 Å². The number of aromatic amines is 1. The molecule has 2 saturated heterocycles. The summed E-state index contributed by atoms with van der Waals surface area (Å²) in [7, 11) is -2.86. The molecule has 4 aromatic carbocycles. The molecule has 5 aliphatic rings. The van der Waals surface area contributed by atoms with Gasteiger partial charge in [0.15, 0.2) is 0 Å². The van der Waals surface area contributed by atoms with Gasteiger partial charge < -0.3 is 29.8 Å². The molecule has 4 N–H and O–H groups in total. The third-order valence-electron chi connectivity index (χ3n) is 18.5. The lowest BCUT2D eigenvalue weighted by Gasteiger charge is -2.59. The van der Waals surface area contributed by atoms with Crippen LogP contribution in [0.1, 0.15) is 143 Å². The first kappa shape index (κ1) is 54.4. The van der Waals surface area contributed by atoms with Gasteiger partial charge in [-0.3, -0.25) is 24.7 Å². The molecule has 1 unspecified atom stereocenters. The van der Waals surface area contributed by atoms with E-state index >= 15 is 0 Å². The van der Waals surface area contributed by atoms with Crippen LogP contribution in [0, 0.1) is 21.4 Å². The Hall–Kier alpha value is -6.53. The summed E-state index contributed by atoms with van der Waals surface area (Å²) in [5.74, 6) is 1.72. The van der Waals surface area contributed by atoms with E-state index in [-0.39, 0.29) is 28.3 Å². The monoisotopic (exact) mass is 1090 g/mol. The van der Waals surface area contributed by atoms with Crippen LogP contribution in [0.5, 0.6) is 17.2 Å². The maximum Gasteiger partial charge on any atom is 0.293 e. The Kier molecular flexibility index (Phi) is 15.5. The first-order valence-electron chi connectivity index (χ1n) is 28.6. The predicted molar refractivity (Wildman–Crippen MR) is 308 cm³/mol. The van der Waals surface area contributed by atoms with Gasteiger partial charge in [-0.2, -0.15) is 0 Å². The zero-order chi connectivity index (χ0) is 55.1. The third kappa shape index (κ3) is 11.9. The third-order valence-corrected chi connectivity index (χ3v) is 19.8. The van der Waals surface area contributed by atoms with Crippen molar-refractivity contribution in [1.82, 2.24) is 24.5 Å². The Labute approximate surface area is 464 Å². The average Bonchev–Trinajstić information content (AvgIpc) is 4.05. The minimum atomic E-state index is -4.59. The lowest BCUT2D eigenvalue weighted by molar-refractivity contribution is -0.384. The number of nitrogens with one attached hydrogen (secondary N) is 3. The lowest BCUT2D eigenvalue weighted by atomic mass is 9.59. The van der Waals surface area contributed by atoms with Gasteiger partial charge in [-0.25, -0.2) is 18.1 Å². The number of nitrogens with zero attached hydrogens (tertiary/aromatic N) is 5. The standard InChI is InChI=1S/C62H76N8O8S/c1-41(2)52-7-5-6-8-53(52)57-40-68(46-13-9-43(10-14-46)44-11-16-49(77-4)17-12-44)31-32-69(57)48-36-62(37-48)26-29-67(30-27-62)47-15-19-54(58(34-47)78-50-33-45-23-28-63-59(45)65-39-50)60(71)66-79(75,76)51-18-20-55(56(35-51)70(73)74)64-38-42-21-24-61(3,72)25-22-42/h5-8,11-12,15-20,23,28,33-35,39,41-43,46,48,57,64,72H,9-10,13-14,21-22,24-27,29-32,36-38,40H2,1-4H3,(H,63,65)(H,66,71). The number of methoxy groups -OCH3 is 1. The van der Waals surface area contributed by atoms with Crippen molar-refractivity contribution in [2.45, 2.75) is 138 Å². The number of pyridine rings is 1. The highest BCUT2D eigenvalue weighted by Crippen LogP contribution is 2.54. The Bertz CT molecular complexity index is 3260. The van der Waals surface area contributed by atoms with Crippen LogP contribution in [0.15, 0.2) is 114 Å². The van der Waals surface area contributed by atoms with Crippen molar-refractivity contribution in [2.24, 2.45) is 11.3 Å². The second-order valence-corrected chi connectivity index (χ2v) is 25.6. The molecule has 2 aromatic heterocycles. The number of piperidine rings is 1. The van der Waals surface area contributed by atoms with Gasteiger partial charge in [-0.15, -0.1) is 0 Å². The number of aliphatic hydroxyl groups is 1. The molecule has 5 fully saturated rings. The van der Waals surface area contributed by atoms with Crippen LogP contribution in [0.25, 0.3) is 11.0 Å². The minimum absolute atomic E-state index is 0.0222. The largest absolute Gasteiger partial charge is 0.497 e. The maximum atomic E-state index is 14.2. The number of amides is 1. The fraction of sp³-hybridized carbons (Fsp3) is 0.484. The van der Waals surface area contributed by atoms with E-state index in [4.69, 9.17) is 9.47 Å². The molecule has 3 saturated carbocycles. The van der Waals surface area contributed by atoms with Crippen LogP contribution in [0.2, 0.25) is 0 Å². The Balaban J connectivity index is 0.763. The number of benzene rings is 4. The molecule has 4 heterocycles. The van der Waals surface area contributed by atoms with Gasteiger partial charge >= 0.3 is 0 Å². The predicted octanol–water partition coefficient (Wildman–Crippen LogP) is 11.7. The van der Waals surface area contributed by atoms with Gasteiger partial charge in [0.1, 0.15) is 28.6 Å². The molecule has 11 rings (SSSR count). The molecule has 1 spiro atoms. The van der Waals surface area contributed by atoms with Crippen LogP contribution < -0.4 is 24.4 Å². The number of nitro benzene ring substituents is 1. The highest BCUT2D eigenvalue weighted by atomic mass is 32.2. The quantitative estimate of drug-likeness (QED) is 0.0528. The summed E-state index contributed by atoms with van der Waals surface area (Å²) < 4.78 is 41.8. The number of sulfonamides is 1. The highest BCUT2D eigenvalue weighted by Gasteiger charge is 2.50. The van der Waals surface area contributed by atoms with Crippen molar-refractivity contribution < 1.29 is 32.7 Å². The number of nitro groups is 1. The van der Waals surface area contributed by atoms with Crippen LogP contribution in [-0.2, 0) is 10.0 Å². The van der Waals surface area contributed by atoms with Crippen LogP contribution >= 0.6 is 0 Å². The minimum Gasteiger partial charge on any atom is -0.497 e. The molecule has 0 bridgehead atoms. The number of aromatic nitrogens is 2. The van der Waals surface area contributed by atoms with E-state index in [2.05, 4.69) is 97.1 Å². The number of rotatable bonds is 16. The van der Waals surface area contributed by atoms with E-state index in [1.807, 2.05) is 19.1 Å². The summed E-state index contributed by atoms with van der Waals surface area (Å²) in [4.78, 5) is 41.0. The topological polar surface area (TPSA) is 195 Å². The second kappa shape index (κ2) is 22.5. The van der Waals surface area contributed by atoms with E-state index in [1.54, 1.807) is 37.7 Å². The lowest BCUT2D eigenvalue weighted by Crippen LogP contribution is -2.61. The van der Waals surface area contributed by atoms with Crippen LogP contribution in [0.3, 0.4) is 0 Å². The van der Waals surface area contributed by atoms with Crippen molar-refractivity contribution in [2.75, 3.05) is 56.6 Å². The number of piperazine rings is 1. The normalized spacial score (nSPS) is 24.1. The Morgan fingerprint density at radius 3 is 2.34 bits per heavy atom. The number of hydrogen-bond donors (Lipinski definition) is 4. The smallest absolute Gasteiger partial charge is 0.293 e. The van der Waals surface area contributed by atoms with E-state index < -0.39 is 37.0 Å². The molecule has 0 radical (unpaired) electrons. The van der Waals surface area contributed by atoms with E-state index in [1.165, 1.54) is 67.3 Å². The van der Waals surface area contributed by atoms with Gasteiger partial charge in [0.25, 0.3) is 21.6 Å². The zero-order valence-electron chi connectivity index (χ0n) is 46.0. The van der Waals surface area contributed by atoms with Gasteiger partial charge in [0.05, 0.1) is 34.3 Å². The highest BCUT2D eigenvalue weighted by molar-refractivity contribution is 7.90. The number of H-pyrrole nitrogens is 1. The van der Waals surface area contributed by atoms with Gasteiger partial charge in [-0.1, -0.05) is 50.2 Å². The second-order valence-electron chi connectivity index (χ2n) is 23.9. The molecule has 2 aliphatic heterocycles. The van der Waals surface area contributed by atoms with Crippen molar-refractivity contribution in [3.63, 3.8) is 0 Å². The SMILES string of the molecule is COc1ccc(C2CCC(N3CCN(C4CC5(CCN(c6ccc(C(=O)NS(=O)(=O)c7ccc(NCC8CCC(C)(O)CC8)c([N+](=O)[O-])c7)c(Oc7cnc8[nH]ccc8c7)c6)CC5)C4)C(c4ccccc4C(C)C)C3)CC2)cc1. The number of anilines is 2. The molecule has 3 aliphatic carbocycles. The Morgan fingerprint density at radius 2 is 1.62 bits per heavy atom. The van der Waals surface area contributed by atoms with Gasteiger partial charge in [0.2, 0.25) is 0 Å². The maximum absolute atomic E-state index is 14.2. The summed E-state index contributed by atoms with van der Waals surface area (Å²) in [6.07, 6.45) is 15.4. The number of carbonyl (C=O) groups excluding carboxylic acids is 1. The van der Waals surface area contributed by atoms with Crippen molar-refractivity contribution in [1.29, 1.82) is 0 Å². The summed E-state index contributed by atoms with van der Waals surface area (Å²) in [5.41, 5.74) is 5.14. The Morgan fingerprint density at radius 1 is 0.873 bits per heavy atom. The van der Waals surface area contributed by atoms with Crippen molar-refractivity contribution in [3.05, 3.63) is 142 Å². The van der Waals surface area contributed by atoms with Gasteiger partial charge in [0, 0.05) is 86.8 Å². The molecule has 1 atom stereocenters. The van der Waals surface area contributed by atoms with E-state index in [0.29, 0.717) is 60.7 Å². The molecule has 17 heteroatoms. The molecular formula is C62H76N8O8S. The molecule has 16 nitrogen and oxygen atoms in total. The number of fused-ring (bicyclic) bond motifs is 1. The summed E-state index contributed by atoms with van der Waals surface area (Å²) in [5, 5.41) is 26.6. The summed E-state index contributed by atoms with van der Waals surface area (Å²) in [6, 6.07) is 31.8. The number of ether oxygens (including phenoxy) is 2. The zero-order valence-corrected chi connectivity index (χ0v) is 46.9. The molecule has 79 heavy (non-hydrogen) atoms. The van der Waals surface area contributed by atoms with Crippen molar-refractivity contribution in [3.8, 4) is 17.2 Å². The molecule has 6 aromatic rings. The first-order valence-corrected chi connectivity index (χ1v) is 30.1. The summed E-state index contributed by atoms with van der Waals surface area (Å²) >= 11 is 0. The van der Waals surface area contributed by atoms with E-state index in [0.717, 1.165) is 81.3 Å². The van der Waals surface area contributed by atoms with E-state index in [9.17, 15) is 28.4 Å². The van der Waals surface area contributed by atoms with Gasteiger partial charge in [-0.05, 0) is 172 Å². The fourth-order valence-corrected chi connectivity index (χ4v) is 14.7. The fourth-order valence-electron chi connectivity index (χ4n) is 13.7. The van der Waals surface area contributed by atoms with Crippen LogP contribution in [-0.4, -0.2) is 108 Å². The molecular weight excluding hydrogens is 1020 g/mol. The number of hydrogen-bond acceptors (Lipinski definition) is 13. The first-order chi connectivity index (χ1) is 38.0. The van der Waals surface area contributed by atoms with Crippen LogP contribution in [0.4, 0.5) is 17.1 Å².